The number of nitrogens with zero attached hydrogens (tertiary/aromatic N) is 4. The zero-order valence-electron chi connectivity index (χ0n) is 11.5. The van der Waals surface area contributed by atoms with Crippen molar-refractivity contribution in [3.8, 4) is 0 Å². The molecule has 2 aliphatic heterocycles. The van der Waals surface area contributed by atoms with E-state index in [1.165, 1.54) is 31.8 Å². The van der Waals surface area contributed by atoms with Gasteiger partial charge in [0.15, 0.2) is 5.82 Å². The number of hydrogen-bond donors (Lipinski definition) is 2. The zero-order valence-corrected chi connectivity index (χ0v) is 11.5. The van der Waals surface area contributed by atoms with Crippen molar-refractivity contribution in [1.29, 1.82) is 0 Å². The molecule has 20 heavy (non-hydrogen) atoms. The second-order valence-electron chi connectivity index (χ2n) is 5.37. The Hall–Kier alpha value is -1.73. The largest absolute Gasteiger partial charge is 0.336 e. The molecule has 7 heteroatoms. The number of rotatable bonds is 2. The van der Waals surface area contributed by atoms with E-state index in [1.54, 1.807) is 0 Å². The Kier molecular flexibility index (Phi) is 3.79. The Morgan fingerprint density at radius 1 is 1.25 bits per heavy atom. The Balaban J connectivity index is 1.71. The molecule has 2 aliphatic rings. The molecule has 2 fully saturated rings. The lowest BCUT2D eigenvalue weighted by atomic mass is 10.2. The summed E-state index contributed by atoms with van der Waals surface area (Å²) in [4.78, 5) is 25.1. The maximum absolute atomic E-state index is 12.5. The van der Waals surface area contributed by atoms with Crippen LogP contribution >= 0.6 is 0 Å². The first-order valence-corrected chi connectivity index (χ1v) is 7.10. The second-order valence-corrected chi connectivity index (χ2v) is 5.37. The number of nitrogens with one attached hydrogen (secondary N) is 1. The fraction of sp³-hybridized carbons (Fsp3) is 0.615. The minimum atomic E-state index is -0.0326. The lowest BCUT2D eigenvalue weighted by molar-refractivity contribution is 0.0737. The highest BCUT2D eigenvalue weighted by Gasteiger charge is 2.31. The standard InChI is InChI=1S/C13H20N6O/c14-17-12-8-15-11(7-16-12)13(20)19-6-2-5-18-4-1-3-10(18)9-19/h7-8,10H,1-6,9,14H2,(H,16,17). The molecule has 0 spiro atoms. The van der Waals surface area contributed by atoms with Crippen LogP contribution in [0.25, 0.3) is 0 Å². The van der Waals surface area contributed by atoms with Crippen molar-refractivity contribution in [3.63, 3.8) is 0 Å². The summed E-state index contributed by atoms with van der Waals surface area (Å²) >= 11 is 0. The van der Waals surface area contributed by atoms with E-state index < -0.39 is 0 Å². The highest BCUT2D eigenvalue weighted by atomic mass is 16.2. The molecule has 1 aromatic rings. The number of nitrogens with two attached hydrogens (primary N) is 1. The molecule has 1 aromatic heterocycles. The van der Waals surface area contributed by atoms with Gasteiger partial charge < -0.3 is 10.3 Å². The molecular formula is C13H20N6O. The number of fused-ring (bicyclic) bond motifs is 1. The summed E-state index contributed by atoms with van der Waals surface area (Å²) in [5.41, 5.74) is 2.79. The number of carbonyl (C=O) groups excluding carboxylic acids is 1. The predicted octanol–water partition coefficient (Wildman–Crippen LogP) is 0.0725. The van der Waals surface area contributed by atoms with E-state index >= 15 is 0 Å². The van der Waals surface area contributed by atoms with Crippen LogP contribution in [0, 0.1) is 0 Å². The van der Waals surface area contributed by atoms with Gasteiger partial charge in [0.2, 0.25) is 0 Å². The fourth-order valence-electron chi connectivity index (χ4n) is 3.07. The van der Waals surface area contributed by atoms with E-state index in [0.29, 0.717) is 17.6 Å². The average Bonchev–Trinajstić information content (AvgIpc) is 2.83. The van der Waals surface area contributed by atoms with Crippen LogP contribution < -0.4 is 11.3 Å². The molecule has 3 N–H and O–H groups in total. The Morgan fingerprint density at radius 2 is 2.10 bits per heavy atom. The maximum Gasteiger partial charge on any atom is 0.274 e. The van der Waals surface area contributed by atoms with E-state index in [9.17, 15) is 4.79 Å². The van der Waals surface area contributed by atoms with Crippen molar-refractivity contribution in [3.05, 3.63) is 18.1 Å². The molecule has 1 amide bonds. The quantitative estimate of drug-likeness (QED) is 0.587. The van der Waals surface area contributed by atoms with Gasteiger partial charge in [0.1, 0.15) is 5.69 Å². The van der Waals surface area contributed by atoms with Gasteiger partial charge in [0.05, 0.1) is 12.4 Å². The van der Waals surface area contributed by atoms with E-state index in [4.69, 9.17) is 5.84 Å². The number of carbonyl (C=O) groups is 1. The molecule has 1 unspecified atom stereocenters. The third-order valence-electron chi connectivity index (χ3n) is 4.11. The molecule has 0 aromatic carbocycles. The van der Waals surface area contributed by atoms with Crippen LogP contribution in [-0.2, 0) is 0 Å². The normalized spacial score (nSPS) is 23.2. The van der Waals surface area contributed by atoms with Crippen LogP contribution in [-0.4, -0.2) is 57.9 Å². The molecule has 7 nitrogen and oxygen atoms in total. The van der Waals surface area contributed by atoms with Gasteiger partial charge >= 0.3 is 0 Å². The van der Waals surface area contributed by atoms with Crippen molar-refractivity contribution < 1.29 is 4.79 Å². The minimum Gasteiger partial charge on any atom is -0.336 e. The first-order valence-electron chi connectivity index (χ1n) is 7.10. The first-order chi connectivity index (χ1) is 9.78. The SMILES string of the molecule is NNc1cnc(C(=O)N2CCCN3CCCC3C2)cn1. The van der Waals surface area contributed by atoms with E-state index in [1.807, 2.05) is 4.90 Å². The Labute approximate surface area is 118 Å². The monoisotopic (exact) mass is 276 g/mol. The van der Waals surface area contributed by atoms with Gasteiger partial charge in [0, 0.05) is 25.7 Å². The summed E-state index contributed by atoms with van der Waals surface area (Å²) in [6.07, 6.45) is 6.41. The minimum absolute atomic E-state index is 0.0326. The van der Waals surface area contributed by atoms with Crippen molar-refractivity contribution in [2.24, 2.45) is 5.84 Å². The van der Waals surface area contributed by atoms with Crippen LogP contribution in [0.5, 0.6) is 0 Å². The molecule has 2 saturated heterocycles. The van der Waals surface area contributed by atoms with Crippen LogP contribution in [0.15, 0.2) is 12.4 Å². The van der Waals surface area contributed by atoms with Gasteiger partial charge in [-0.2, -0.15) is 0 Å². The summed E-state index contributed by atoms with van der Waals surface area (Å²) in [7, 11) is 0. The molecule has 108 valence electrons. The Morgan fingerprint density at radius 3 is 2.85 bits per heavy atom. The molecule has 3 rings (SSSR count). The lowest BCUT2D eigenvalue weighted by Crippen LogP contribution is -2.40. The van der Waals surface area contributed by atoms with E-state index in [0.717, 1.165) is 26.1 Å². The summed E-state index contributed by atoms with van der Waals surface area (Å²) in [6, 6.07) is 0.513. The van der Waals surface area contributed by atoms with Gasteiger partial charge in [-0.05, 0) is 25.8 Å². The van der Waals surface area contributed by atoms with Gasteiger partial charge in [-0.25, -0.2) is 15.8 Å². The average molecular weight is 276 g/mol. The van der Waals surface area contributed by atoms with Gasteiger partial charge in [0.25, 0.3) is 5.91 Å². The molecule has 3 heterocycles. The second kappa shape index (κ2) is 5.72. The molecule has 0 saturated carbocycles. The van der Waals surface area contributed by atoms with Crippen molar-refractivity contribution >= 4 is 11.7 Å². The number of amides is 1. The number of nitrogen functional groups attached to an aromatic ring is 1. The third kappa shape index (κ3) is 2.59. The summed E-state index contributed by atoms with van der Waals surface area (Å²) in [5, 5.41) is 0. The molecule has 1 atom stereocenters. The summed E-state index contributed by atoms with van der Waals surface area (Å²) in [6.45, 7) is 3.86. The van der Waals surface area contributed by atoms with Crippen LogP contribution in [0.1, 0.15) is 29.8 Å². The summed E-state index contributed by atoms with van der Waals surface area (Å²) in [5.74, 6) is 5.67. The van der Waals surface area contributed by atoms with Crippen molar-refractivity contribution in [1.82, 2.24) is 19.8 Å². The number of aromatic nitrogens is 2. The highest BCUT2D eigenvalue weighted by molar-refractivity contribution is 5.92. The highest BCUT2D eigenvalue weighted by Crippen LogP contribution is 2.22. The molecule has 0 radical (unpaired) electrons. The van der Waals surface area contributed by atoms with Crippen LogP contribution in [0.2, 0.25) is 0 Å². The van der Waals surface area contributed by atoms with Gasteiger partial charge in [-0.1, -0.05) is 0 Å². The number of hydrogen-bond acceptors (Lipinski definition) is 6. The predicted molar refractivity (Wildman–Crippen MR) is 75.0 cm³/mol. The lowest BCUT2D eigenvalue weighted by Gasteiger charge is -2.25. The summed E-state index contributed by atoms with van der Waals surface area (Å²) < 4.78 is 0. The molecule has 0 aliphatic carbocycles. The van der Waals surface area contributed by atoms with E-state index in [2.05, 4.69) is 20.3 Å². The third-order valence-corrected chi connectivity index (χ3v) is 4.11. The number of hydrazine groups is 1. The first kappa shape index (κ1) is 13.3. The maximum atomic E-state index is 12.5. The number of anilines is 1. The Bertz CT molecular complexity index is 476. The topological polar surface area (TPSA) is 87.4 Å². The molecule has 0 bridgehead atoms. The van der Waals surface area contributed by atoms with Crippen molar-refractivity contribution in [2.45, 2.75) is 25.3 Å². The zero-order chi connectivity index (χ0) is 13.9. The smallest absolute Gasteiger partial charge is 0.274 e. The van der Waals surface area contributed by atoms with Gasteiger partial charge in [-0.3, -0.25) is 9.69 Å². The van der Waals surface area contributed by atoms with Crippen molar-refractivity contribution in [2.75, 3.05) is 31.6 Å². The van der Waals surface area contributed by atoms with Crippen LogP contribution in [0.3, 0.4) is 0 Å². The fourth-order valence-corrected chi connectivity index (χ4v) is 3.07. The molecular weight excluding hydrogens is 256 g/mol. The van der Waals surface area contributed by atoms with Gasteiger partial charge in [-0.15, -0.1) is 0 Å². The van der Waals surface area contributed by atoms with Crippen LogP contribution in [0.4, 0.5) is 5.82 Å². The van der Waals surface area contributed by atoms with E-state index in [-0.39, 0.29) is 5.91 Å².